The molecule has 0 spiro atoms. The largest absolute Gasteiger partial charge is 0.481 e. The van der Waals surface area contributed by atoms with Gasteiger partial charge in [0.2, 0.25) is 17.7 Å². The number of carbonyl (C=O) groups excluding carboxylic acids is 2. The zero-order chi connectivity index (χ0) is 35.9. The van der Waals surface area contributed by atoms with Crippen molar-refractivity contribution >= 4 is 29.3 Å². The second-order valence-electron chi connectivity index (χ2n) is 10.8. The molecule has 1 aliphatic rings. The normalized spacial score (nSPS) is 16.2. The summed E-state index contributed by atoms with van der Waals surface area (Å²) >= 11 is 0. The molecule has 2 aromatic heterocycles. The fourth-order valence-corrected chi connectivity index (χ4v) is 5.34. The van der Waals surface area contributed by atoms with Crippen molar-refractivity contribution in [3.63, 3.8) is 0 Å². The van der Waals surface area contributed by atoms with E-state index in [1.807, 2.05) is 0 Å². The Morgan fingerprint density at radius 1 is 1.04 bits per heavy atom. The van der Waals surface area contributed by atoms with Crippen molar-refractivity contribution in [1.82, 2.24) is 15.0 Å². The van der Waals surface area contributed by atoms with Crippen molar-refractivity contribution in [3.05, 3.63) is 65.1 Å². The molecule has 2 amide bonds. The van der Waals surface area contributed by atoms with E-state index < -0.39 is 54.1 Å². The third kappa shape index (κ3) is 9.05. The van der Waals surface area contributed by atoms with E-state index in [4.69, 9.17) is 19.3 Å². The van der Waals surface area contributed by atoms with E-state index in [2.05, 4.69) is 20.3 Å². The van der Waals surface area contributed by atoms with Gasteiger partial charge in [-0.2, -0.15) is 26.3 Å². The first-order valence-corrected chi connectivity index (χ1v) is 15.1. The number of aromatic nitrogens is 3. The van der Waals surface area contributed by atoms with Crippen molar-refractivity contribution in [2.75, 3.05) is 48.7 Å². The van der Waals surface area contributed by atoms with Gasteiger partial charge < -0.3 is 29.5 Å². The number of benzene rings is 1. The second kappa shape index (κ2) is 15.7. The Hall–Kier alpha value is -4.71. The molecule has 1 aromatic carbocycles. The molecule has 0 saturated heterocycles. The first kappa shape index (κ1) is 37.1. The van der Waals surface area contributed by atoms with Crippen molar-refractivity contribution in [3.8, 4) is 5.88 Å². The molecule has 0 radical (unpaired) electrons. The molecule has 1 aliphatic heterocycles. The minimum absolute atomic E-state index is 0.0404. The van der Waals surface area contributed by atoms with Gasteiger partial charge in [-0.1, -0.05) is 6.92 Å². The molecule has 0 fully saturated rings. The van der Waals surface area contributed by atoms with Crippen LogP contribution in [0.1, 0.15) is 55.1 Å². The third-order valence-corrected chi connectivity index (χ3v) is 7.48. The molecule has 2 atom stereocenters. The number of anilines is 3. The molecule has 2 N–H and O–H groups in total. The molecule has 266 valence electrons. The Morgan fingerprint density at radius 2 is 1.69 bits per heavy atom. The van der Waals surface area contributed by atoms with E-state index in [9.17, 15) is 35.9 Å². The minimum Gasteiger partial charge on any atom is -0.481 e. The van der Waals surface area contributed by atoms with Gasteiger partial charge in [-0.25, -0.2) is 19.7 Å². The molecule has 0 saturated carbocycles. The van der Waals surface area contributed by atoms with E-state index in [-0.39, 0.29) is 67.7 Å². The lowest BCUT2D eigenvalue weighted by Crippen LogP contribution is -2.48. The van der Waals surface area contributed by atoms with Gasteiger partial charge >= 0.3 is 18.4 Å². The zero-order valence-electron chi connectivity index (χ0n) is 26.6. The summed E-state index contributed by atoms with van der Waals surface area (Å²) in [6.45, 7) is 2.22. The number of nitrogens with one attached hydrogen (secondary N) is 1. The molecular weight excluding hydrogens is 666 g/mol. The molecule has 18 heteroatoms. The maximum atomic E-state index is 13.8. The number of ether oxygens (including phenoxy) is 3. The smallest absolute Gasteiger partial charge is 0.416 e. The van der Waals surface area contributed by atoms with Crippen LogP contribution in [0.3, 0.4) is 0 Å². The van der Waals surface area contributed by atoms with Crippen LogP contribution in [0.4, 0.5) is 48.5 Å². The Balaban J connectivity index is 1.86. The quantitative estimate of drug-likeness (QED) is 0.177. The lowest BCUT2D eigenvalue weighted by molar-refractivity contribution is -0.143. The van der Waals surface area contributed by atoms with Crippen LogP contribution >= 0.6 is 0 Å². The third-order valence-electron chi connectivity index (χ3n) is 7.48. The van der Waals surface area contributed by atoms with Crippen LogP contribution in [0, 0.1) is 0 Å². The van der Waals surface area contributed by atoms with Crippen molar-refractivity contribution < 1.29 is 55.2 Å². The number of fused-ring (bicyclic) bond motifs is 1. The fraction of sp³-hybridized carbons (Fsp3) is 0.452. The summed E-state index contributed by atoms with van der Waals surface area (Å²) in [5, 5.41) is 11.3. The molecule has 3 aromatic rings. The highest BCUT2D eigenvalue weighted by Crippen LogP contribution is 2.44. The van der Waals surface area contributed by atoms with E-state index in [1.165, 1.54) is 35.4 Å². The molecule has 4 rings (SSSR count). The van der Waals surface area contributed by atoms with Gasteiger partial charge in [0.1, 0.15) is 6.61 Å². The number of methoxy groups -OCH3 is 1. The highest BCUT2D eigenvalue weighted by Gasteiger charge is 2.42. The SMILES string of the molecule is CCOC(=O)N1c2ccc(OC)nc2C(N(Cc2cc(C(F)(F)F)cc(C(F)(F)F)c2)c2ncc(NC(=O)COCCO)cn2)CC1CC. The summed E-state index contributed by atoms with van der Waals surface area (Å²) in [6, 6.07) is 2.90. The number of carbonyl (C=O) groups is 2. The van der Waals surface area contributed by atoms with Crippen LogP contribution in [-0.2, 0) is 33.2 Å². The van der Waals surface area contributed by atoms with Crippen LogP contribution in [0.15, 0.2) is 42.7 Å². The van der Waals surface area contributed by atoms with Gasteiger partial charge in [0.05, 0.1) is 73.6 Å². The van der Waals surface area contributed by atoms with Crippen LogP contribution in [0.2, 0.25) is 0 Å². The predicted octanol–water partition coefficient (Wildman–Crippen LogP) is 5.76. The molecule has 2 unspecified atom stereocenters. The van der Waals surface area contributed by atoms with Gasteiger partial charge in [0, 0.05) is 18.7 Å². The summed E-state index contributed by atoms with van der Waals surface area (Å²) in [4.78, 5) is 41.3. The number of alkyl halides is 6. The number of halogens is 6. The zero-order valence-corrected chi connectivity index (χ0v) is 26.6. The number of hydrogen-bond acceptors (Lipinski definition) is 10. The Bertz CT molecular complexity index is 1580. The molecule has 49 heavy (non-hydrogen) atoms. The first-order valence-electron chi connectivity index (χ1n) is 15.1. The lowest BCUT2D eigenvalue weighted by atomic mass is 9.92. The monoisotopic (exact) mass is 700 g/mol. The molecule has 0 bridgehead atoms. The summed E-state index contributed by atoms with van der Waals surface area (Å²) in [7, 11) is 1.36. The molecular formula is C31H34F6N6O6. The van der Waals surface area contributed by atoms with Gasteiger partial charge in [0.25, 0.3) is 0 Å². The lowest BCUT2D eigenvalue weighted by Gasteiger charge is -2.43. The average molecular weight is 701 g/mol. The predicted molar refractivity (Wildman–Crippen MR) is 163 cm³/mol. The number of aliphatic hydroxyl groups is 1. The van der Waals surface area contributed by atoms with Crippen LogP contribution in [0.5, 0.6) is 5.88 Å². The molecule has 3 heterocycles. The number of amides is 2. The number of nitrogens with zero attached hydrogens (tertiary/aromatic N) is 5. The summed E-state index contributed by atoms with van der Waals surface area (Å²) < 4.78 is 98.5. The topological polar surface area (TPSA) is 139 Å². The number of aliphatic hydroxyl groups excluding tert-OH is 1. The average Bonchev–Trinajstić information content (AvgIpc) is 3.06. The number of rotatable bonds is 12. The first-order chi connectivity index (χ1) is 23.2. The van der Waals surface area contributed by atoms with Gasteiger partial charge in [-0.15, -0.1) is 0 Å². The Labute approximate surface area is 277 Å². The Kier molecular flexibility index (Phi) is 11.9. The van der Waals surface area contributed by atoms with Crippen molar-refractivity contribution in [1.29, 1.82) is 0 Å². The fourth-order valence-electron chi connectivity index (χ4n) is 5.34. The van der Waals surface area contributed by atoms with Gasteiger partial charge in [-0.3, -0.25) is 9.69 Å². The van der Waals surface area contributed by atoms with Crippen LogP contribution < -0.4 is 19.9 Å². The standard InChI is InChI=1S/C31H34F6N6O6/c1-4-22-13-24(27-23(6-7-26(41-27)47-3)43(22)29(46)49-5-2)42(28-38-14-21(15-39-28)40-25(45)17-48-9-8-44)16-18-10-19(30(32,33)34)12-20(11-18)31(35,36)37/h6-7,10-12,14-15,22,24,44H,4-5,8-9,13,16-17H2,1-3H3,(H,40,45). The maximum Gasteiger partial charge on any atom is 0.416 e. The highest BCUT2D eigenvalue weighted by molar-refractivity contribution is 5.91. The van der Waals surface area contributed by atoms with Crippen molar-refractivity contribution in [2.45, 2.75) is 57.7 Å². The van der Waals surface area contributed by atoms with E-state index >= 15 is 0 Å². The van der Waals surface area contributed by atoms with Gasteiger partial charge in [0.15, 0.2) is 0 Å². The summed E-state index contributed by atoms with van der Waals surface area (Å²) in [6.07, 6.45) is -7.94. The Morgan fingerprint density at radius 3 is 2.24 bits per heavy atom. The molecule has 0 aliphatic carbocycles. The van der Waals surface area contributed by atoms with Crippen LogP contribution in [-0.4, -0.2) is 71.6 Å². The van der Waals surface area contributed by atoms with E-state index in [1.54, 1.807) is 19.9 Å². The highest BCUT2D eigenvalue weighted by atomic mass is 19.4. The number of hydrogen-bond donors (Lipinski definition) is 2. The minimum atomic E-state index is -5.09. The summed E-state index contributed by atoms with van der Waals surface area (Å²) in [5.74, 6) is -0.587. The second-order valence-corrected chi connectivity index (χ2v) is 10.8. The van der Waals surface area contributed by atoms with Crippen LogP contribution in [0.25, 0.3) is 0 Å². The van der Waals surface area contributed by atoms with Gasteiger partial charge in [-0.05, 0) is 49.6 Å². The number of pyridine rings is 1. The molecule has 12 nitrogen and oxygen atoms in total. The maximum absolute atomic E-state index is 13.8. The van der Waals surface area contributed by atoms with E-state index in [0.29, 0.717) is 24.2 Å². The summed E-state index contributed by atoms with van der Waals surface area (Å²) in [5.41, 5.74) is -2.73. The van der Waals surface area contributed by atoms with E-state index in [0.717, 1.165) is 0 Å². The van der Waals surface area contributed by atoms with Crippen molar-refractivity contribution in [2.24, 2.45) is 0 Å².